The van der Waals surface area contributed by atoms with Gasteiger partial charge in [-0.2, -0.15) is 4.80 Å². The van der Waals surface area contributed by atoms with Crippen LogP contribution in [0, 0.1) is 6.92 Å². The zero-order chi connectivity index (χ0) is 20.1. The maximum atomic E-state index is 12.4. The Morgan fingerprint density at radius 2 is 1.79 bits per heavy atom. The third-order valence-electron chi connectivity index (χ3n) is 4.39. The SMILES string of the molecule is CC[C@H](NC(=O)Cn1nnc(-c2ccc(C(N)=O)cc2)n1)c1ccc(C)cc1. The fraction of sp³-hybridized carbons (Fsp3) is 0.250. The molecule has 1 aromatic heterocycles. The number of aromatic nitrogens is 4. The average molecular weight is 378 g/mol. The molecule has 1 heterocycles. The monoisotopic (exact) mass is 378 g/mol. The largest absolute Gasteiger partial charge is 0.366 e. The molecular weight excluding hydrogens is 356 g/mol. The van der Waals surface area contributed by atoms with E-state index in [1.54, 1.807) is 24.3 Å². The smallest absolute Gasteiger partial charge is 0.248 e. The maximum Gasteiger partial charge on any atom is 0.248 e. The highest BCUT2D eigenvalue weighted by Gasteiger charge is 2.15. The van der Waals surface area contributed by atoms with Crippen molar-refractivity contribution < 1.29 is 9.59 Å². The summed E-state index contributed by atoms with van der Waals surface area (Å²) in [5, 5.41) is 15.1. The summed E-state index contributed by atoms with van der Waals surface area (Å²) in [6.45, 7) is 4.01. The topological polar surface area (TPSA) is 116 Å². The van der Waals surface area contributed by atoms with Gasteiger partial charge in [0.25, 0.3) is 0 Å². The lowest BCUT2D eigenvalue weighted by Gasteiger charge is -2.17. The summed E-state index contributed by atoms with van der Waals surface area (Å²) >= 11 is 0. The lowest BCUT2D eigenvalue weighted by Crippen LogP contribution is -2.32. The number of nitrogens with two attached hydrogens (primary N) is 1. The fourth-order valence-electron chi connectivity index (χ4n) is 2.80. The number of amides is 2. The summed E-state index contributed by atoms with van der Waals surface area (Å²) in [4.78, 5) is 24.8. The van der Waals surface area contributed by atoms with Gasteiger partial charge in [0.1, 0.15) is 6.54 Å². The second-order valence-corrected chi connectivity index (χ2v) is 6.52. The van der Waals surface area contributed by atoms with Gasteiger partial charge in [-0.25, -0.2) is 0 Å². The molecule has 0 unspecified atom stereocenters. The lowest BCUT2D eigenvalue weighted by atomic mass is 10.0. The van der Waals surface area contributed by atoms with Crippen LogP contribution < -0.4 is 11.1 Å². The predicted molar refractivity (Wildman–Crippen MR) is 104 cm³/mol. The first kappa shape index (κ1) is 19.2. The molecule has 2 amide bonds. The molecular formula is C20H22N6O2. The molecule has 0 fully saturated rings. The molecule has 0 aliphatic heterocycles. The zero-order valence-electron chi connectivity index (χ0n) is 15.8. The van der Waals surface area contributed by atoms with Crippen molar-refractivity contribution in [2.45, 2.75) is 32.9 Å². The van der Waals surface area contributed by atoms with Gasteiger partial charge in [-0.1, -0.05) is 48.9 Å². The van der Waals surface area contributed by atoms with Crippen LogP contribution in [-0.4, -0.2) is 32.0 Å². The first-order chi connectivity index (χ1) is 13.5. The fourth-order valence-corrected chi connectivity index (χ4v) is 2.80. The summed E-state index contributed by atoms with van der Waals surface area (Å²) in [5.41, 5.74) is 8.55. The highest BCUT2D eigenvalue weighted by molar-refractivity contribution is 5.93. The van der Waals surface area contributed by atoms with Gasteiger partial charge >= 0.3 is 0 Å². The van der Waals surface area contributed by atoms with Crippen LogP contribution in [0.5, 0.6) is 0 Å². The number of carbonyl (C=O) groups is 2. The molecule has 3 aromatic rings. The molecule has 8 nitrogen and oxygen atoms in total. The molecule has 2 aromatic carbocycles. The first-order valence-corrected chi connectivity index (χ1v) is 9.00. The summed E-state index contributed by atoms with van der Waals surface area (Å²) in [6.07, 6.45) is 0.775. The highest BCUT2D eigenvalue weighted by atomic mass is 16.2. The van der Waals surface area contributed by atoms with Crippen molar-refractivity contribution in [3.05, 3.63) is 65.2 Å². The van der Waals surface area contributed by atoms with E-state index in [-0.39, 0.29) is 18.5 Å². The van der Waals surface area contributed by atoms with Crippen molar-refractivity contribution >= 4 is 11.8 Å². The van der Waals surface area contributed by atoms with Gasteiger partial charge in [-0.05, 0) is 36.3 Å². The van der Waals surface area contributed by atoms with E-state index in [1.807, 2.05) is 38.1 Å². The normalized spacial score (nSPS) is 11.8. The van der Waals surface area contributed by atoms with E-state index >= 15 is 0 Å². The quantitative estimate of drug-likeness (QED) is 0.652. The van der Waals surface area contributed by atoms with Gasteiger partial charge in [0.2, 0.25) is 17.6 Å². The molecule has 0 aliphatic rings. The Morgan fingerprint density at radius 3 is 2.39 bits per heavy atom. The number of nitrogens with one attached hydrogen (secondary N) is 1. The van der Waals surface area contributed by atoms with Crippen molar-refractivity contribution in [1.29, 1.82) is 0 Å². The molecule has 0 bridgehead atoms. The number of primary amides is 1. The molecule has 144 valence electrons. The molecule has 3 rings (SSSR count). The van der Waals surface area contributed by atoms with Gasteiger partial charge < -0.3 is 11.1 Å². The number of hydrogen-bond acceptors (Lipinski definition) is 5. The van der Waals surface area contributed by atoms with E-state index in [0.717, 1.165) is 12.0 Å². The first-order valence-electron chi connectivity index (χ1n) is 9.00. The van der Waals surface area contributed by atoms with E-state index in [2.05, 4.69) is 20.7 Å². The van der Waals surface area contributed by atoms with Crippen LogP contribution in [0.2, 0.25) is 0 Å². The van der Waals surface area contributed by atoms with Crippen LogP contribution in [0.25, 0.3) is 11.4 Å². The van der Waals surface area contributed by atoms with Gasteiger partial charge in [0.15, 0.2) is 0 Å². The van der Waals surface area contributed by atoms with Gasteiger partial charge in [-0.15, -0.1) is 10.2 Å². The van der Waals surface area contributed by atoms with Crippen molar-refractivity contribution in [2.24, 2.45) is 5.73 Å². The number of tetrazole rings is 1. The van der Waals surface area contributed by atoms with Crippen LogP contribution in [0.15, 0.2) is 48.5 Å². The summed E-state index contributed by atoms with van der Waals surface area (Å²) in [6, 6.07) is 14.6. The Bertz CT molecular complexity index is 963. The Balaban J connectivity index is 1.64. The minimum atomic E-state index is -0.501. The van der Waals surface area contributed by atoms with E-state index in [9.17, 15) is 9.59 Å². The number of nitrogens with zero attached hydrogens (tertiary/aromatic N) is 4. The van der Waals surface area contributed by atoms with Gasteiger partial charge in [-0.3, -0.25) is 9.59 Å². The predicted octanol–water partition coefficient (Wildman–Crippen LogP) is 2.01. The van der Waals surface area contributed by atoms with Crippen LogP contribution in [-0.2, 0) is 11.3 Å². The standard InChI is InChI=1S/C20H22N6O2/c1-3-17(14-6-4-13(2)5-7-14)22-18(27)12-26-24-20(23-25-26)16-10-8-15(9-11-16)19(21)28/h4-11,17H,3,12H2,1-2H3,(H2,21,28)(H,22,27)/t17-/m0/s1. The molecule has 0 spiro atoms. The number of carbonyl (C=O) groups excluding carboxylic acids is 2. The number of benzene rings is 2. The zero-order valence-corrected chi connectivity index (χ0v) is 15.8. The Morgan fingerprint density at radius 1 is 1.11 bits per heavy atom. The number of hydrogen-bond donors (Lipinski definition) is 2. The molecule has 0 saturated heterocycles. The molecule has 1 atom stereocenters. The number of rotatable bonds is 7. The Hall–Kier alpha value is -3.55. The second-order valence-electron chi connectivity index (χ2n) is 6.52. The summed E-state index contributed by atoms with van der Waals surface area (Å²) in [5.74, 6) is -0.325. The third kappa shape index (κ3) is 4.59. The molecule has 0 radical (unpaired) electrons. The van der Waals surface area contributed by atoms with E-state index in [4.69, 9.17) is 5.73 Å². The van der Waals surface area contributed by atoms with Gasteiger partial charge in [0, 0.05) is 11.1 Å². The van der Waals surface area contributed by atoms with Crippen molar-refractivity contribution in [3.8, 4) is 11.4 Å². The third-order valence-corrected chi connectivity index (χ3v) is 4.39. The van der Waals surface area contributed by atoms with Crippen molar-refractivity contribution in [2.75, 3.05) is 0 Å². The minimum Gasteiger partial charge on any atom is -0.366 e. The van der Waals surface area contributed by atoms with Crippen molar-refractivity contribution in [1.82, 2.24) is 25.5 Å². The molecule has 28 heavy (non-hydrogen) atoms. The lowest BCUT2D eigenvalue weighted by molar-refractivity contribution is -0.122. The molecule has 0 saturated carbocycles. The molecule has 3 N–H and O–H groups in total. The Kier molecular flexibility index (Phi) is 5.78. The molecule has 0 aliphatic carbocycles. The molecule has 8 heteroatoms. The summed E-state index contributed by atoms with van der Waals surface area (Å²) in [7, 11) is 0. The summed E-state index contributed by atoms with van der Waals surface area (Å²) < 4.78 is 0. The minimum absolute atomic E-state index is 0.0330. The van der Waals surface area contributed by atoms with E-state index < -0.39 is 5.91 Å². The van der Waals surface area contributed by atoms with E-state index in [0.29, 0.717) is 17.0 Å². The average Bonchev–Trinajstić information content (AvgIpc) is 3.15. The van der Waals surface area contributed by atoms with Gasteiger partial charge in [0.05, 0.1) is 6.04 Å². The van der Waals surface area contributed by atoms with E-state index in [1.165, 1.54) is 10.4 Å². The van der Waals surface area contributed by atoms with Crippen LogP contribution in [0.3, 0.4) is 0 Å². The van der Waals surface area contributed by atoms with Crippen LogP contribution in [0.1, 0.15) is 40.9 Å². The highest BCUT2D eigenvalue weighted by Crippen LogP contribution is 2.17. The maximum absolute atomic E-state index is 12.4. The number of aryl methyl sites for hydroxylation is 1. The second kappa shape index (κ2) is 8.43. The van der Waals surface area contributed by atoms with Crippen LogP contribution in [0.4, 0.5) is 0 Å². The Labute approximate surface area is 162 Å². The van der Waals surface area contributed by atoms with Crippen LogP contribution >= 0.6 is 0 Å². The van der Waals surface area contributed by atoms with Crippen molar-refractivity contribution in [3.63, 3.8) is 0 Å².